The van der Waals surface area contributed by atoms with Gasteiger partial charge < -0.3 is 14.8 Å². The van der Waals surface area contributed by atoms with Gasteiger partial charge in [-0.2, -0.15) is 5.10 Å². The third-order valence-electron chi connectivity index (χ3n) is 4.58. The topological polar surface area (TPSA) is 65.4 Å². The molecule has 0 saturated heterocycles. The Kier molecular flexibility index (Phi) is 4.54. The molecular weight excluding hydrogens is 342 g/mol. The number of nitrogens with zero attached hydrogens (tertiary/aromatic N) is 2. The molecule has 138 valence electrons. The third kappa shape index (κ3) is 3.51. The van der Waals surface area contributed by atoms with Crippen molar-refractivity contribution in [2.45, 2.75) is 20.4 Å². The zero-order valence-electron chi connectivity index (χ0n) is 15.4. The first-order chi connectivity index (χ1) is 13.1. The van der Waals surface area contributed by atoms with E-state index in [1.807, 2.05) is 61.0 Å². The Hall–Kier alpha value is -3.28. The molecule has 3 aromatic rings. The maximum Gasteiger partial charge on any atom is 0.259 e. The first-order valence-electron chi connectivity index (χ1n) is 8.91. The van der Waals surface area contributed by atoms with E-state index in [0.717, 1.165) is 11.3 Å². The molecule has 0 unspecified atom stereocenters. The number of fused-ring (bicyclic) bond motifs is 1. The third-order valence-corrected chi connectivity index (χ3v) is 4.58. The first-order valence-corrected chi connectivity index (χ1v) is 8.91. The largest absolute Gasteiger partial charge is 0.486 e. The van der Waals surface area contributed by atoms with Gasteiger partial charge in [-0.3, -0.25) is 9.48 Å². The molecule has 0 spiro atoms. The summed E-state index contributed by atoms with van der Waals surface area (Å²) >= 11 is 0. The molecule has 1 aliphatic rings. The van der Waals surface area contributed by atoms with Gasteiger partial charge >= 0.3 is 0 Å². The van der Waals surface area contributed by atoms with Crippen LogP contribution in [0.4, 0.5) is 5.69 Å². The van der Waals surface area contributed by atoms with E-state index >= 15 is 0 Å². The lowest BCUT2D eigenvalue weighted by atomic mass is 10.1. The monoisotopic (exact) mass is 363 g/mol. The smallest absolute Gasteiger partial charge is 0.259 e. The fraction of sp³-hybridized carbons (Fsp3) is 0.238. The van der Waals surface area contributed by atoms with E-state index in [-0.39, 0.29) is 5.91 Å². The van der Waals surface area contributed by atoms with Gasteiger partial charge in [0.25, 0.3) is 5.91 Å². The van der Waals surface area contributed by atoms with Crippen molar-refractivity contribution in [1.82, 2.24) is 9.78 Å². The van der Waals surface area contributed by atoms with Crippen LogP contribution in [0, 0.1) is 13.8 Å². The summed E-state index contributed by atoms with van der Waals surface area (Å²) < 4.78 is 13.0. The van der Waals surface area contributed by atoms with Crippen LogP contribution in [-0.2, 0) is 6.54 Å². The highest BCUT2D eigenvalue weighted by Crippen LogP contribution is 2.32. The van der Waals surface area contributed by atoms with Crippen LogP contribution in [0.25, 0.3) is 0 Å². The molecule has 1 amide bonds. The minimum Gasteiger partial charge on any atom is -0.486 e. The molecule has 27 heavy (non-hydrogen) atoms. The van der Waals surface area contributed by atoms with E-state index in [4.69, 9.17) is 9.47 Å². The molecular formula is C21H21N3O3. The molecule has 1 aromatic heterocycles. The van der Waals surface area contributed by atoms with Gasteiger partial charge in [0.1, 0.15) is 13.2 Å². The summed E-state index contributed by atoms with van der Waals surface area (Å²) in [6, 6.07) is 15.5. The average Bonchev–Trinajstić information content (AvgIpc) is 2.95. The van der Waals surface area contributed by atoms with Crippen LogP contribution >= 0.6 is 0 Å². The van der Waals surface area contributed by atoms with Gasteiger partial charge in [0.2, 0.25) is 0 Å². The molecule has 0 bridgehead atoms. The van der Waals surface area contributed by atoms with E-state index in [1.54, 1.807) is 6.07 Å². The lowest BCUT2D eigenvalue weighted by Gasteiger charge is -2.19. The second-order valence-electron chi connectivity index (χ2n) is 6.50. The van der Waals surface area contributed by atoms with E-state index < -0.39 is 0 Å². The number of hydrogen-bond acceptors (Lipinski definition) is 4. The molecule has 6 nitrogen and oxygen atoms in total. The summed E-state index contributed by atoms with van der Waals surface area (Å²) in [5.74, 6) is 1.16. The van der Waals surface area contributed by atoms with Crippen molar-refractivity contribution in [1.29, 1.82) is 0 Å². The number of anilines is 1. The lowest BCUT2D eigenvalue weighted by Crippen LogP contribution is -2.17. The number of benzene rings is 2. The fourth-order valence-corrected chi connectivity index (χ4v) is 3.25. The molecule has 2 aromatic carbocycles. The highest BCUT2D eigenvalue weighted by molar-refractivity contribution is 6.06. The zero-order valence-corrected chi connectivity index (χ0v) is 15.4. The van der Waals surface area contributed by atoms with Crippen molar-refractivity contribution in [2.24, 2.45) is 0 Å². The highest BCUT2D eigenvalue weighted by Gasteiger charge is 2.20. The summed E-state index contributed by atoms with van der Waals surface area (Å²) in [6.45, 7) is 5.45. The predicted molar refractivity (Wildman–Crippen MR) is 103 cm³/mol. The lowest BCUT2D eigenvalue weighted by molar-refractivity contribution is 0.102. The number of amides is 1. The number of carbonyl (C=O) groups excluding carboxylic acids is 1. The molecule has 0 aliphatic carbocycles. The second-order valence-corrected chi connectivity index (χ2v) is 6.50. The number of carbonyl (C=O) groups is 1. The first kappa shape index (κ1) is 17.1. The van der Waals surface area contributed by atoms with Crippen molar-refractivity contribution in [2.75, 3.05) is 18.5 Å². The Morgan fingerprint density at radius 1 is 1.07 bits per heavy atom. The maximum absolute atomic E-state index is 12.9. The van der Waals surface area contributed by atoms with Crippen molar-refractivity contribution in [3.8, 4) is 11.5 Å². The van der Waals surface area contributed by atoms with Crippen LogP contribution in [0.3, 0.4) is 0 Å². The number of hydrogen-bond donors (Lipinski definition) is 1. The molecule has 0 atom stereocenters. The summed E-state index contributed by atoms with van der Waals surface area (Å²) in [5.41, 5.74) is 3.95. The molecule has 6 heteroatoms. The van der Waals surface area contributed by atoms with Gasteiger partial charge in [0.05, 0.1) is 17.8 Å². The van der Waals surface area contributed by atoms with E-state index in [0.29, 0.717) is 48.2 Å². The zero-order chi connectivity index (χ0) is 18.8. The number of nitrogens with one attached hydrogen (secondary N) is 1. The molecule has 0 fully saturated rings. The van der Waals surface area contributed by atoms with E-state index in [9.17, 15) is 4.79 Å². The standard InChI is InChI=1S/C21H21N3O3/c1-14-20(15(2)24(23-14)13-16-6-4-3-5-7-16)21(25)22-17-8-9-18-19(12-17)27-11-10-26-18/h3-9,12H,10-11,13H2,1-2H3,(H,22,25). The number of rotatable bonds is 4. The van der Waals surface area contributed by atoms with Crippen LogP contribution in [-0.4, -0.2) is 28.9 Å². The predicted octanol–water partition coefficient (Wildman–Crippen LogP) is 3.57. The van der Waals surface area contributed by atoms with E-state index in [1.165, 1.54) is 0 Å². The molecule has 1 N–H and O–H groups in total. The molecule has 0 radical (unpaired) electrons. The van der Waals surface area contributed by atoms with Gasteiger partial charge in [0.15, 0.2) is 11.5 Å². The number of aromatic nitrogens is 2. The number of ether oxygens (including phenoxy) is 2. The summed E-state index contributed by atoms with van der Waals surface area (Å²) in [6.07, 6.45) is 0. The normalized spacial score (nSPS) is 12.7. The summed E-state index contributed by atoms with van der Waals surface area (Å²) in [4.78, 5) is 12.9. The average molecular weight is 363 g/mol. The minimum atomic E-state index is -0.180. The maximum atomic E-state index is 12.9. The van der Waals surface area contributed by atoms with Crippen LogP contribution in [0.1, 0.15) is 27.3 Å². The Morgan fingerprint density at radius 3 is 2.59 bits per heavy atom. The summed E-state index contributed by atoms with van der Waals surface area (Å²) in [5, 5.41) is 7.49. The minimum absolute atomic E-state index is 0.180. The van der Waals surface area contributed by atoms with Crippen molar-refractivity contribution in [3.63, 3.8) is 0 Å². The van der Waals surface area contributed by atoms with Crippen LogP contribution < -0.4 is 14.8 Å². The van der Waals surface area contributed by atoms with Gasteiger partial charge in [-0.15, -0.1) is 0 Å². The van der Waals surface area contributed by atoms with E-state index in [2.05, 4.69) is 10.4 Å². The van der Waals surface area contributed by atoms with Crippen molar-refractivity contribution in [3.05, 3.63) is 71.0 Å². The second kappa shape index (κ2) is 7.15. The molecule has 1 aliphatic heterocycles. The quantitative estimate of drug-likeness (QED) is 0.770. The SMILES string of the molecule is Cc1nn(Cc2ccccc2)c(C)c1C(=O)Nc1ccc2c(c1)OCCO2. The van der Waals surface area contributed by atoms with Gasteiger partial charge in [-0.25, -0.2) is 0 Å². The Balaban J connectivity index is 1.55. The molecule has 4 rings (SSSR count). The van der Waals surface area contributed by atoms with Gasteiger partial charge in [0, 0.05) is 17.4 Å². The van der Waals surface area contributed by atoms with Crippen LogP contribution in [0.2, 0.25) is 0 Å². The van der Waals surface area contributed by atoms with Crippen molar-refractivity contribution < 1.29 is 14.3 Å². The summed E-state index contributed by atoms with van der Waals surface area (Å²) in [7, 11) is 0. The Bertz CT molecular complexity index is 980. The molecule has 2 heterocycles. The fourth-order valence-electron chi connectivity index (χ4n) is 3.25. The van der Waals surface area contributed by atoms with Crippen molar-refractivity contribution >= 4 is 11.6 Å². The Morgan fingerprint density at radius 2 is 1.81 bits per heavy atom. The van der Waals surface area contributed by atoms with Crippen LogP contribution in [0.5, 0.6) is 11.5 Å². The molecule has 0 saturated carbocycles. The van der Waals surface area contributed by atoms with Gasteiger partial charge in [-0.05, 0) is 31.5 Å². The number of aryl methyl sites for hydroxylation is 1. The van der Waals surface area contributed by atoms with Gasteiger partial charge in [-0.1, -0.05) is 30.3 Å². The highest BCUT2D eigenvalue weighted by atomic mass is 16.6. The Labute approximate surface area is 157 Å². The van der Waals surface area contributed by atoms with Crippen LogP contribution in [0.15, 0.2) is 48.5 Å².